The maximum atomic E-state index is 12.0. The van der Waals surface area contributed by atoms with Crippen LogP contribution in [0.25, 0.3) is 6.08 Å². The topological polar surface area (TPSA) is 74.7 Å². The van der Waals surface area contributed by atoms with Crippen molar-refractivity contribution in [2.75, 3.05) is 13.1 Å². The number of rotatable bonds is 5. The minimum atomic E-state index is -3.47. The third kappa shape index (κ3) is 3.82. The van der Waals surface area contributed by atoms with Crippen LogP contribution in [-0.4, -0.2) is 36.9 Å². The Hall–Kier alpha value is -1.37. The van der Waals surface area contributed by atoms with Gasteiger partial charge in [0, 0.05) is 23.5 Å². The van der Waals surface area contributed by atoms with Crippen molar-refractivity contribution in [3.63, 3.8) is 0 Å². The summed E-state index contributed by atoms with van der Waals surface area (Å²) >= 11 is 5.74. The quantitative estimate of drug-likeness (QED) is 0.902. The number of aliphatic carboxylic acids is 1. The molecule has 1 saturated heterocycles. The molecule has 0 atom stereocenters. The molecule has 1 aromatic rings. The number of benzene rings is 1. The summed E-state index contributed by atoms with van der Waals surface area (Å²) in [5.41, 5.74) is 0.737. The lowest BCUT2D eigenvalue weighted by Crippen LogP contribution is -2.49. The zero-order chi connectivity index (χ0) is 14.8. The zero-order valence-electron chi connectivity index (χ0n) is 10.6. The summed E-state index contributed by atoms with van der Waals surface area (Å²) in [5.74, 6) is -0.991. The standard InChI is InChI=1S/C13H14ClNO4S/c14-12-3-1-10(2-4-12)5-6-20(18,19)15-8-11(9-15)7-13(16)17/h1-6,11H,7-9H2,(H,16,17). The van der Waals surface area contributed by atoms with Crippen LogP contribution in [0.15, 0.2) is 29.7 Å². The monoisotopic (exact) mass is 315 g/mol. The highest BCUT2D eigenvalue weighted by molar-refractivity contribution is 7.92. The average molecular weight is 316 g/mol. The van der Waals surface area contributed by atoms with Gasteiger partial charge >= 0.3 is 5.97 Å². The summed E-state index contributed by atoms with van der Waals surface area (Å²) in [6.45, 7) is 0.527. The van der Waals surface area contributed by atoms with Crippen LogP contribution in [0.4, 0.5) is 0 Å². The summed E-state index contributed by atoms with van der Waals surface area (Å²) in [6, 6.07) is 6.80. The van der Waals surface area contributed by atoms with Gasteiger partial charge in [0.2, 0.25) is 10.0 Å². The Morgan fingerprint density at radius 3 is 2.50 bits per heavy atom. The molecule has 20 heavy (non-hydrogen) atoms. The predicted molar refractivity (Wildman–Crippen MR) is 76.7 cm³/mol. The van der Waals surface area contributed by atoms with E-state index in [0.717, 1.165) is 11.0 Å². The Bertz CT molecular complexity index is 618. The van der Waals surface area contributed by atoms with Crippen LogP contribution in [0, 0.1) is 5.92 Å². The smallest absolute Gasteiger partial charge is 0.303 e. The lowest BCUT2D eigenvalue weighted by molar-refractivity contribution is -0.139. The van der Waals surface area contributed by atoms with E-state index in [1.54, 1.807) is 24.3 Å². The van der Waals surface area contributed by atoms with E-state index < -0.39 is 16.0 Å². The molecule has 0 unspecified atom stereocenters. The molecule has 1 aliphatic heterocycles. The van der Waals surface area contributed by atoms with Gasteiger partial charge in [-0.2, -0.15) is 4.31 Å². The van der Waals surface area contributed by atoms with E-state index in [0.29, 0.717) is 5.02 Å². The zero-order valence-corrected chi connectivity index (χ0v) is 12.1. The van der Waals surface area contributed by atoms with Gasteiger partial charge in [0.05, 0.1) is 6.42 Å². The van der Waals surface area contributed by atoms with Gasteiger partial charge in [-0.05, 0) is 29.7 Å². The van der Waals surface area contributed by atoms with Crippen molar-refractivity contribution in [3.05, 3.63) is 40.3 Å². The maximum absolute atomic E-state index is 12.0. The van der Waals surface area contributed by atoms with Crippen LogP contribution in [0.2, 0.25) is 5.02 Å². The van der Waals surface area contributed by atoms with E-state index in [-0.39, 0.29) is 25.4 Å². The van der Waals surface area contributed by atoms with Gasteiger partial charge in [-0.25, -0.2) is 8.42 Å². The molecular formula is C13H14ClNO4S. The number of hydrogen-bond acceptors (Lipinski definition) is 3. The van der Waals surface area contributed by atoms with Gasteiger partial charge in [-0.1, -0.05) is 23.7 Å². The van der Waals surface area contributed by atoms with E-state index in [9.17, 15) is 13.2 Å². The van der Waals surface area contributed by atoms with Crippen molar-refractivity contribution in [1.82, 2.24) is 4.31 Å². The Labute approximate surface area is 122 Å². The number of hydrogen-bond donors (Lipinski definition) is 1. The van der Waals surface area contributed by atoms with Crippen LogP contribution in [0.5, 0.6) is 0 Å². The van der Waals surface area contributed by atoms with Crippen molar-refractivity contribution < 1.29 is 18.3 Å². The second kappa shape index (κ2) is 5.95. The molecular weight excluding hydrogens is 302 g/mol. The fraction of sp³-hybridized carbons (Fsp3) is 0.308. The SMILES string of the molecule is O=C(O)CC1CN(S(=O)(=O)C=Cc2ccc(Cl)cc2)C1. The summed E-state index contributed by atoms with van der Waals surface area (Å²) in [6.07, 6.45) is 1.50. The first-order valence-electron chi connectivity index (χ1n) is 6.02. The lowest BCUT2D eigenvalue weighted by Gasteiger charge is -2.36. The first kappa shape index (κ1) is 15.0. The minimum absolute atomic E-state index is 0.00686. The van der Waals surface area contributed by atoms with E-state index in [1.807, 2.05) is 0 Å². The fourth-order valence-electron chi connectivity index (χ4n) is 1.93. The van der Waals surface area contributed by atoms with Gasteiger partial charge in [0.15, 0.2) is 0 Å². The second-order valence-electron chi connectivity index (χ2n) is 4.68. The molecule has 0 amide bonds. The summed E-state index contributed by atoms with van der Waals surface area (Å²) < 4.78 is 25.2. The van der Waals surface area contributed by atoms with Gasteiger partial charge in [0.1, 0.15) is 0 Å². The van der Waals surface area contributed by atoms with Crippen LogP contribution in [-0.2, 0) is 14.8 Å². The van der Waals surface area contributed by atoms with Crippen molar-refractivity contribution in [3.8, 4) is 0 Å². The molecule has 0 saturated carbocycles. The Balaban J connectivity index is 1.95. The molecule has 1 aromatic carbocycles. The Kier molecular flexibility index (Phi) is 4.47. The van der Waals surface area contributed by atoms with Crippen LogP contribution >= 0.6 is 11.6 Å². The van der Waals surface area contributed by atoms with E-state index in [1.165, 1.54) is 10.4 Å². The molecule has 2 rings (SSSR count). The van der Waals surface area contributed by atoms with Crippen LogP contribution in [0.1, 0.15) is 12.0 Å². The predicted octanol–water partition coefficient (Wildman–Crippen LogP) is 2.05. The molecule has 1 N–H and O–H groups in total. The van der Waals surface area contributed by atoms with Crippen molar-refractivity contribution in [1.29, 1.82) is 0 Å². The third-order valence-electron chi connectivity index (χ3n) is 3.05. The molecule has 108 valence electrons. The Morgan fingerprint density at radius 2 is 1.95 bits per heavy atom. The highest BCUT2D eigenvalue weighted by Crippen LogP contribution is 2.23. The highest BCUT2D eigenvalue weighted by Gasteiger charge is 2.35. The molecule has 1 aliphatic rings. The molecule has 0 spiro atoms. The molecule has 1 fully saturated rings. The van der Waals surface area contributed by atoms with Crippen molar-refractivity contribution >= 4 is 33.7 Å². The van der Waals surface area contributed by atoms with Crippen molar-refractivity contribution in [2.45, 2.75) is 6.42 Å². The molecule has 7 heteroatoms. The molecule has 0 aliphatic carbocycles. The van der Waals surface area contributed by atoms with E-state index in [4.69, 9.17) is 16.7 Å². The summed E-state index contributed by atoms with van der Waals surface area (Å²) in [5, 5.41) is 10.3. The second-order valence-corrected chi connectivity index (χ2v) is 6.94. The first-order valence-corrected chi connectivity index (χ1v) is 7.90. The number of nitrogens with zero attached hydrogens (tertiary/aromatic N) is 1. The number of sulfonamides is 1. The number of carboxylic acid groups (broad SMARTS) is 1. The molecule has 5 nitrogen and oxygen atoms in total. The minimum Gasteiger partial charge on any atom is -0.481 e. The van der Waals surface area contributed by atoms with E-state index >= 15 is 0 Å². The maximum Gasteiger partial charge on any atom is 0.303 e. The fourth-order valence-corrected chi connectivity index (χ4v) is 3.40. The van der Waals surface area contributed by atoms with Crippen molar-refractivity contribution in [2.24, 2.45) is 5.92 Å². The van der Waals surface area contributed by atoms with Gasteiger partial charge < -0.3 is 5.11 Å². The molecule has 0 radical (unpaired) electrons. The van der Waals surface area contributed by atoms with Gasteiger partial charge in [0.25, 0.3) is 0 Å². The number of halogens is 1. The van der Waals surface area contributed by atoms with Crippen LogP contribution < -0.4 is 0 Å². The third-order valence-corrected chi connectivity index (χ3v) is 4.80. The molecule has 1 heterocycles. The first-order chi connectivity index (χ1) is 9.37. The van der Waals surface area contributed by atoms with E-state index in [2.05, 4.69) is 0 Å². The largest absolute Gasteiger partial charge is 0.481 e. The number of carbonyl (C=O) groups is 1. The Morgan fingerprint density at radius 1 is 1.35 bits per heavy atom. The van der Waals surface area contributed by atoms with Crippen LogP contribution in [0.3, 0.4) is 0 Å². The highest BCUT2D eigenvalue weighted by atomic mass is 35.5. The lowest BCUT2D eigenvalue weighted by atomic mass is 10.00. The normalized spacial score (nSPS) is 17.2. The van der Waals surface area contributed by atoms with Gasteiger partial charge in [-0.3, -0.25) is 4.79 Å². The number of carboxylic acids is 1. The summed E-state index contributed by atoms with van der Waals surface area (Å²) in [4.78, 5) is 10.5. The average Bonchev–Trinajstić information content (AvgIpc) is 2.32. The van der Waals surface area contributed by atoms with Gasteiger partial charge in [-0.15, -0.1) is 0 Å². The molecule has 0 aromatic heterocycles. The summed E-state index contributed by atoms with van der Waals surface area (Å²) in [7, 11) is -3.47. The molecule has 0 bridgehead atoms.